The molecule has 1 aliphatic heterocycles. The van der Waals surface area contributed by atoms with Gasteiger partial charge in [0, 0.05) is 18.2 Å². The molecule has 1 aromatic carbocycles. The molecule has 0 saturated heterocycles. The molecule has 1 aliphatic rings. The Balaban J connectivity index is 2.30. The quantitative estimate of drug-likeness (QED) is 0.731. The molecule has 3 nitrogen and oxygen atoms in total. The lowest BCUT2D eigenvalue weighted by atomic mass is 9.95. The lowest BCUT2D eigenvalue weighted by Gasteiger charge is -2.24. The van der Waals surface area contributed by atoms with E-state index in [1.54, 1.807) is 0 Å². The highest BCUT2D eigenvalue weighted by atomic mass is 19.1. The van der Waals surface area contributed by atoms with Crippen molar-refractivity contribution in [3.63, 3.8) is 0 Å². The second kappa shape index (κ2) is 4.17. The van der Waals surface area contributed by atoms with Gasteiger partial charge in [-0.2, -0.15) is 0 Å². The molecule has 1 heterocycles. The Labute approximate surface area is 91.4 Å². The van der Waals surface area contributed by atoms with Gasteiger partial charge in [0.05, 0.1) is 7.11 Å². The van der Waals surface area contributed by atoms with E-state index in [4.69, 9.17) is 0 Å². The van der Waals surface area contributed by atoms with Gasteiger partial charge in [-0.1, -0.05) is 0 Å². The molecule has 2 rings (SSSR count). The van der Waals surface area contributed by atoms with Gasteiger partial charge in [0.1, 0.15) is 17.7 Å². The molecule has 86 valence electrons. The number of methoxy groups -OCH3 is 1. The summed E-state index contributed by atoms with van der Waals surface area (Å²) >= 11 is 0. The summed E-state index contributed by atoms with van der Waals surface area (Å²) in [5.74, 6) is -1.62. The number of benzene rings is 1. The lowest BCUT2D eigenvalue weighted by Crippen LogP contribution is -2.42. The largest absolute Gasteiger partial charge is 0.468 e. The number of hydrogen-bond acceptors (Lipinski definition) is 3. The van der Waals surface area contributed by atoms with Gasteiger partial charge in [0.25, 0.3) is 0 Å². The van der Waals surface area contributed by atoms with Crippen LogP contribution >= 0.6 is 0 Å². The van der Waals surface area contributed by atoms with E-state index in [-0.39, 0.29) is 13.0 Å². The minimum absolute atomic E-state index is 0.210. The van der Waals surface area contributed by atoms with Crippen LogP contribution in [0.15, 0.2) is 12.1 Å². The second-order valence-electron chi connectivity index (χ2n) is 3.69. The van der Waals surface area contributed by atoms with Crippen molar-refractivity contribution in [2.24, 2.45) is 0 Å². The number of nitrogens with one attached hydrogen (secondary N) is 1. The SMILES string of the molecule is COC(=O)C1Cc2cc(F)cc(F)c2CN1. The number of hydrogen-bond donors (Lipinski definition) is 1. The summed E-state index contributed by atoms with van der Waals surface area (Å²) in [6.07, 6.45) is 0.247. The molecule has 0 saturated carbocycles. The van der Waals surface area contributed by atoms with Gasteiger partial charge in [-0.05, 0) is 18.1 Å². The molecule has 0 bridgehead atoms. The highest BCUT2D eigenvalue weighted by molar-refractivity contribution is 5.76. The van der Waals surface area contributed by atoms with Crippen molar-refractivity contribution in [2.45, 2.75) is 19.0 Å². The Morgan fingerprint density at radius 1 is 1.50 bits per heavy atom. The maximum absolute atomic E-state index is 13.3. The van der Waals surface area contributed by atoms with Crippen molar-refractivity contribution >= 4 is 5.97 Å². The number of esters is 1. The van der Waals surface area contributed by atoms with E-state index in [1.807, 2.05) is 0 Å². The number of carbonyl (C=O) groups excluding carboxylic acids is 1. The van der Waals surface area contributed by atoms with Crippen LogP contribution < -0.4 is 5.32 Å². The summed E-state index contributed by atoms with van der Waals surface area (Å²) in [5, 5.41) is 2.85. The summed E-state index contributed by atoms with van der Waals surface area (Å²) in [4.78, 5) is 11.3. The molecule has 0 aliphatic carbocycles. The average Bonchev–Trinajstić information content (AvgIpc) is 2.27. The molecule has 0 radical (unpaired) electrons. The molecule has 16 heavy (non-hydrogen) atoms. The van der Waals surface area contributed by atoms with Crippen LogP contribution in [-0.4, -0.2) is 19.1 Å². The summed E-state index contributed by atoms with van der Waals surface area (Å²) < 4.78 is 30.9. The Morgan fingerprint density at radius 2 is 2.25 bits per heavy atom. The van der Waals surface area contributed by atoms with Gasteiger partial charge in [0.2, 0.25) is 0 Å². The van der Waals surface area contributed by atoms with Crippen molar-refractivity contribution in [2.75, 3.05) is 7.11 Å². The lowest BCUT2D eigenvalue weighted by molar-refractivity contribution is -0.143. The summed E-state index contributed by atoms with van der Waals surface area (Å²) in [6.45, 7) is 0.210. The van der Waals surface area contributed by atoms with Crippen LogP contribution in [0.2, 0.25) is 0 Å². The van der Waals surface area contributed by atoms with Crippen molar-refractivity contribution < 1.29 is 18.3 Å². The minimum atomic E-state index is -0.623. The van der Waals surface area contributed by atoms with Gasteiger partial charge < -0.3 is 4.74 Å². The Bertz CT molecular complexity index is 434. The van der Waals surface area contributed by atoms with E-state index in [0.717, 1.165) is 6.07 Å². The first-order chi connectivity index (χ1) is 7.61. The second-order valence-corrected chi connectivity index (χ2v) is 3.69. The van der Waals surface area contributed by atoms with E-state index in [0.29, 0.717) is 11.1 Å². The van der Waals surface area contributed by atoms with E-state index in [2.05, 4.69) is 10.1 Å². The van der Waals surface area contributed by atoms with Crippen molar-refractivity contribution in [1.29, 1.82) is 0 Å². The van der Waals surface area contributed by atoms with Crippen molar-refractivity contribution in [1.82, 2.24) is 5.32 Å². The predicted octanol–water partition coefficient (Wildman–Crippen LogP) is 1.15. The maximum atomic E-state index is 13.3. The fourth-order valence-corrected chi connectivity index (χ4v) is 1.86. The smallest absolute Gasteiger partial charge is 0.323 e. The molecule has 1 aromatic rings. The highest BCUT2D eigenvalue weighted by Crippen LogP contribution is 2.21. The Hall–Kier alpha value is -1.49. The van der Waals surface area contributed by atoms with E-state index in [1.165, 1.54) is 13.2 Å². The third-order valence-electron chi connectivity index (χ3n) is 2.69. The topological polar surface area (TPSA) is 38.3 Å². The molecule has 0 aromatic heterocycles. The Morgan fingerprint density at radius 3 is 2.94 bits per heavy atom. The van der Waals surface area contributed by atoms with E-state index < -0.39 is 23.6 Å². The number of fused-ring (bicyclic) bond motifs is 1. The number of halogens is 2. The summed E-state index contributed by atoms with van der Waals surface area (Å²) in [7, 11) is 1.28. The summed E-state index contributed by atoms with van der Waals surface area (Å²) in [6, 6.07) is 1.58. The molecule has 1 N–H and O–H groups in total. The standard InChI is InChI=1S/C11H11F2NO2/c1-16-11(15)10-3-6-2-7(12)4-9(13)8(6)5-14-10/h2,4,10,14H,3,5H2,1H3. The highest BCUT2D eigenvalue weighted by Gasteiger charge is 2.26. The molecule has 1 atom stereocenters. The third-order valence-corrected chi connectivity index (χ3v) is 2.69. The van der Waals surface area contributed by atoms with Crippen LogP contribution in [0.3, 0.4) is 0 Å². The zero-order chi connectivity index (χ0) is 11.7. The first kappa shape index (κ1) is 11.0. The average molecular weight is 227 g/mol. The minimum Gasteiger partial charge on any atom is -0.468 e. The van der Waals surface area contributed by atoms with Crippen LogP contribution in [0.5, 0.6) is 0 Å². The van der Waals surface area contributed by atoms with Crippen LogP contribution in [-0.2, 0) is 22.5 Å². The normalized spacial score (nSPS) is 19.1. The van der Waals surface area contributed by atoms with Crippen LogP contribution in [0, 0.1) is 11.6 Å². The third kappa shape index (κ3) is 1.90. The predicted molar refractivity (Wildman–Crippen MR) is 52.7 cm³/mol. The fourth-order valence-electron chi connectivity index (χ4n) is 1.86. The van der Waals surface area contributed by atoms with Gasteiger partial charge in [0.15, 0.2) is 0 Å². The molecule has 0 amide bonds. The van der Waals surface area contributed by atoms with Crippen molar-refractivity contribution in [3.05, 3.63) is 34.9 Å². The van der Waals surface area contributed by atoms with Crippen LogP contribution in [0.1, 0.15) is 11.1 Å². The molecule has 0 fully saturated rings. The molecular weight excluding hydrogens is 216 g/mol. The summed E-state index contributed by atoms with van der Waals surface area (Å²) in [5.41, 5.74) is 0.938. The fraction of sp³-hybridized carbons (Fsp3) is 0.364. The van der Waals surface area contributed by atoms with E-state index >= 15 is 0 Å². The van der Waals surface area contributed by atoms with Gasteiger partial charge in [-0.3, -0.25) is 10.1 Å². The first-order valence-electron chi connectivity index (χ1n) is 4.90. The molecule has 0 spiro atoms. The zero-order valence-electron chi connectivity index (χ0n) is 8.72. The molecular formula is C11H11F2NO2. The van der Waals surface area contributed by atoms with Crippen molar-refractivity contribution in [3.8, 4) is 0 Å². The monoisotopic (exact) mass is 227 g/mol. The van der Waals surface area contributed by atoms with Gasteiger partial charge in [-0.25, -0.2) is 8.78 Å². The molecule has 1 unspecified atom stereocenters. The Kier molecular flexibility index (Phi) is 2.87. The van der Waals surface area contributed by atoms with Gasteiger partial charge >= 0.3 is 5.97 Å². The number of ether oxygens (including phenoxy) is 1. The van der Waals surface area contributed by atoms with Crippen LogP contribution in [0.25, 0.3) is 0 Å². The molecule has 5 heteroatoms. The van der Waals surface area contributed by atoms with Gasteiger partial charge in [-0.15, -0.1) is 0 Å². The van der Waals surface area contributed by atoms with E-state index in [9.17, 15) is 13.6 Å². The van der Waals surface area contributed by atoms with Crippen LogP contribution in [0.4, 0.5) is 8.78 Å². The zero-order valence-corrected chi connectivity index (χ0v) is 8.72. The first-order valence-corrected chi connectivity index (χ1v) is 4.90. The number of rotatable bonds is 1. The maximum Gasteiger partial charge on any atom is 0.323 e. The number of carbonyl (C=O) groups is 1.